The van der Waals surface area contributed by atoms with E-state index in [1.165, 1.54) is 5.56 Å². The number of aryl methyl sites for hydroxylation is 1. The molecule has 1 aliphatic rings. The van der Waals surface area contributed by atoms with Gasteiger partial charge in [-0.2, -0.15) is 0 Å². The van der Waals surface area contributed by atoms with E-state index in [0.29, 0.717) is 6.42 Å². The van der Waals surface area contributed by atoms with Crippen LogP contribution in [0.25, 0.3) is 5.57 Å². The van der Waals surface area contributed by atoms with Crippen molar-refractivity contribution in [1.29, 1.82) is 0 Å². The van der Waals surface area contributed by atoms with Crippen LogP contribution in [0.3, 0.4) is 0 Å². The molecule has 2 aromatic rings. The lowest BCUT2D eigenvalue weighted by Gasteiger charge is -2.20. The molecule has 1 amide bonds. The van der Waals surface area contributed by atoms with Crippen molar-refractivity contribution in [3.05, 3.63) is 75.2 Å². The van der Waals surface area contributed by atoms with Crippen LogP contribution in [0.5, 0.6) is 0 Å². The molecule has 0 bridgehead atoms. The number of rotatable bonds is 5. The normalized spacial score (nSPS) is 17.6. The highest BCUT2D eigenvalue weighted by molar-refractivity contribution is 5.82. The first-order chi connectivity index (χ1) is 13.3. The number of hydrogen-bond donors (Lipinski definition) is 2. The largest absolute Gasteiger partial charge is 0.350 e. The minimum atomic E-state index is -0.0352. The van der Waals surface area contributed by atoms with Gasteiger partial charge in [-0.3, -0.25) is 9.59 Å². The second-order valence-corrected chi connectivity index (χ2v) is 8.60. The summed E-state index contributed by atoms with van der Waals surface area (Å²) < 4.78 is 0. The Bertz CT molecular complexity index is 930. The van der Waals surface area contributed by atoms with Crippen LogP contribution in [0.4, 0.5) is 0 Å². The third kappa shape index (κ3) is 4.61. The first-order valence-electron chi connectivity index (χ1n) is 10.1. The standard InChI is InChI=1S/C24H30N2O2/c1-5-6-17-9-13-21(26-23(17)28)20(15-19-12-14-22(27)25-19)16-7-10-18(11-8-16)24(2,3)4/h7-11,13,15,19H,5-6,12,14H2,1-4H3,(H,25,27)(H,26,28)/t19-/m1/s1. The summed E-state index contributed by atoms with van der Waals surface area (Å²) >= 11 is 0. The van der Waals surface area contributed by atoms with Gasteiger partial charge in [-0.15, -0.1) is 0 Å². The molecule has 0 saturated carbocycles. The molecule has 4 heteroatoms. The van der Waals surface area contributed by atoms with E-state index >= 15 is 0 Å². The van der Waals surface area contributed by atoms with Gasteiger partial charge in [-0.25, -0.2) is 0 Å². The first kappa shape index (κ1) is 20.1. The molecule has 0 radical (unpaired) electrons. The van der Waals surface area contributed by atoms with Gasteiger partial charge in [0.25, 0.3) is 5.56 Å². The second kappa shape index (κ2) is 8.17. The summed E-state index contributed by atoms with van der Waals surface area (Å²) in [6.45, 7) is 8.64. The average molecular weight is 379 g/mol. The topological polar surface area (TPSA) is 62.0 Å². The lowest BCUT2D eigenvalue weighted by molar-refractivity contribution is -0.119. The zero-order valence-electron chi connectivity index (χ0n) is 17.3. The Labute approximate surface area is 167 Å². The minimum absolute atomic E-state index is 0.0105. The molecule has 4 nitrogen and oxygen atoms in total. The van der Waals surface area contributed by atoms with Crippen molar-refractivity contribution in [2.75, 3.05) is 0 Å². The molecule has 1 saturated heterocycles. The van der Waals surface area contributed by atoms with Crippen molar-refractivity contribution < 1.29 is 4.79 Å². The molecular weight excluding hydrogens is 348 g/mol. The number of H-pyrrole nitrogens is 1. The zero-order chi connectivity index (χ0) is 20.3. The van der Waals surface area contributed by atoms with Gasteiger partial charge in [0.05, 0.1) is 0 Å². The van der Waals surface area contributed by atoms with E-state index in [9.17, 15) is 9.59 Å². The van der Waals surface area contributed by atoms with Crippen LogP contribution < -0.4 is 10.9 Å². The Morgan fingerprint density at radius 3 is 2.36 bits per heavy atom. The molecule has 1 aromatic heterocycles. The number of aromatic amines is 1. The summed E-state index contributed by atoms with van der Waals surface area (Å²) in [5, 5.41) is 3.00. The molecule has 28 heavy (non-hydrogen) atoms. The Hall–Kier alpha value is -2.62. The van der Waals surface area contributed by atoms with Crippen molar-refractivity contribution in [2.24, 2.45) is 0 Å². The maximum atomic E-state index is 12.5. The molecule has 0 aliphatic carbocycles. The number of aromatic nitrogens is 1. The third-order valence-corrected chi connectivity index (χ3v) is 5.26. The Kier molecular flexibility index (Phi) is 5.87. The highest BCUT2D eigenvalue weighted by Crippen LogP contribution is 2.28. The summed E-state index contributed by atoms with van der Waals surface area (Å²) in [6, 6.07) is 12.4. The summed E-state index contributed by atoms with van der Waals surface area (Å²) in [4.78, 5) is 27.2. The molecule has 2 N–H and O–H groups in total. The molecular formula is C24H30N2O2. The van der Waals surface area contributed by atoms with Crippen molar-refractivity contribution >= 4 is 11.5 Å². The van der Waals surface area contributed by atoms with E-state index in [-0.39, 0.29) is 22.9 Å². The van der Waals surface area contributed by atoms with Gasteiger partial charge in [-0.1, -0.05) is 70.5 Å². The number of nitrogens with one attached hydrogen (secondary N) is 2. The van der Waals surface area contributed by atoms with Gasteiger partial charge >= 0.3 is 0 Å². The molecule has 1 fully saturated rings. The van der Waals surface area contributed by atoms with E-state index in [0.717, 1.165) is 41.7 Å². The number of amides is 1. The van der Waals surface area contributed by atoms with Crippen LogP contribution in [-0.2, 0) is 16.6 Å². The Balaban J connectivity index is 2.03. The van der Waals surface area contributed by atoms with Gasteiger partial charge in [0.2, 0.25) is 5.91 Å². The van der Waals surface area contributed by atoms with Gasteiger partial charge in [0, 0.05) is 29.3 Å². The second-order valence-electron chi connectivity index (χ2n) is 8.60. The quantitative estimate of drug-likeness (QED) is 0.813. The number of carbonyl (C=O) groups excluding carboxylic acids is 1. The lowest BCUT2D eigenvalue weighted by Crippen LogP contribution is -2.23. The molecule has 2 heterocycles. The molecule has 0 spiro atoms. The Morgan fingerprint density at radius 2 is 1.82 bits per heavy atom. The minimum Gasteiger partial charge on any atom is -0.350 e. The fraction of sp³-hybridized carbons (Fsp3) is 0.417. The van der Waals surface area contributed by atoms with E-state index in [4.69, 9.17) is 0 Å². The van der Waals surface area contributed by atoms with Crippen molar-refractivity contribution in [3.8, 4) is 0 Å². The maximum absolute atomic E-state index is 12.5. The van der Waals surface area contributed by atoms with Crippen molar-refractivity contribution in [2.45, 2.75) is 64.8 Å². The molecule has 0 unspecified atom stereocenters. The van der Waals surface area contributed by atoms with Crippen molar-refractivity contribution in [3.63, 3.8) is 0 Å². The number of hydrogen-bond acceptors (Lipinski definition) is 2. The highest BCUT2D eigenvalue weighted by Gasteiger charge is 2.21. The summed E-state index contributed by atoms with van der Waals surface area (Å²) in [5.74, 6) is 0.0791. The summed E-state index contributed by atoms with van der Waals surface area (Å²) in [5.41, 5.74) is 4.89. The Morgan fingerprint density at radius 1 is 1.11 bits per heavy atom. The van der Waals surface area contributed by atoms with E-state index < -0.39 is 0 Å². The van der Waals surface area contributed by atoms with Crippen LogP contribution in [0, 0.1) is 0 Å². The predicted molar refractivity (Wildman–Crippen MR) is 114 cm³/mol. The molecule has 1 aliphatic heterocycles. The van der Waals surface area contributed by atoms with Gasteiger partial charge in [0.15, 0.2) is 0 Å². The highest BCUT2D eigenvalue weighted by atomic mass is 16.2. The molecule has 1 atom stereocenters. The SMILES string of the molecule is CCCc1ccc(C(=C[C@H]2CCC(=O)N2)c2ccc(C(C)(C)C)cc2)[nH]c1=O. The van der Waals surface area contributed by atoms with Gasteiger partial charge < -0.3 is 10.3 Å². The molecule has 148 valence electrons. The van der Waals surface area contributed by atoms with Crippen LogP contribution in [0.1, 0.15) is 69.3 Å². The van der Waals surface area contributed by atoms with Crippen LogP contribution in [-0.4, -0.2) is 16.9 Å². The fourth-order valence-corrected chi connectivity index (χ4v) is 3.58. The van der Waals surface area contributed by atoms with Crippen LogP contribution >= 0.6 is 0 Å². The summed E-state index contributed by atoms with van der Waals surface area (Å²) in [7, 11) is 0. The monoisotopic (exact) mass is 378 g/mol. The van der Waals surface area contributed by atoms with Gasteiger partial charge in [0.1, 0.15) is 0 Å². The summed E-state index contributed by atoms with van der Waals surface area (Å²) in [6.07, 6.45) is 5.10. The smallest absolute Gasteiger partial charge is 0.251 e. The van der Waals surface area contributed by atoms with Crippen molar-refractivity contribution in [1.82, 2.24) is 10.3 Å². The lowest BCUT2D eigenvalue weighted by atomic mass is 9.86. The molecule has 1 aromatic carbocycles. The first-order valence-corrected chi connectivity index (χ1v) is 10.1. The number of benzene rings is 1. The van der Waals surface area contributed by atoms with E-state index in [2.05, 4.69) is 68.3 Å². The zero-order valence-corrected chi connectivity index (χ0v) is 17.3. The maximum Gasteiger partial charge on any atom is 0.251 e. The number of carbonyl (C=O) groups is 1. The third-order valence-electron chi connectivity index (χ3n) is 5.26. The van der Waals surface area contributed by atoms with Gasteiger partial charge in [-0.05, 0) is 35.4 Å². The molecule has 3 rings (SSSR count). The van der Waals surface area contributed by atoms with E-state index in [1.54, 1.807) is 0 Å². The van der Waals surface area contributed by atoms with Crippen LogP contribution in [0.2, 0.25) is 0 Å². The average Bonchev–Trinajstić information content (AvgIpc) is 3.06. The number of pyridine rings is 1. The van der Waals surface area contributed by atoms with E-state index in [1.807, 2.05) is 12.1 Å². The predicted octanol–water partition coefficient (Wildman–Crippen LogP) is 4.34. The fourth-order valence-electron chi connectivity index (χ4n) is 3.58. The van der Waals surface area contributed by atoms with Crippen LogP contribution in [0.15, 0.2) is 47.3 Å².